The van der Waals surface area contributed by atoms with Gasteiger partial charge in [-0.3, -0.25) is 0 Å². The van der Waals surface area contributed by atoms with Crippen molar-refractivity contribution in [2.75, 3.05) is 9.80 Å². The Morgan fingerprint density at radius 3 is 0.940 bits per heavy atom. The molecule has 0 bridgehead atoms. The second kappa shape index (κ2) is 16.0. The van der Waals surface area contributed by atoms with Gasteiger partial charge in [0.15, 0.2) is 0 Å². The van der Waals surface area contributed by atoms with Crippen LogP contribution in [0.2, 0.25) is 0 Å². The van der Waals surface area contributed by atoms with Crippen molar-refractivity contribution in [3.63, 3.8) is 0 Å². The van der Waals surface area contributed by atoms with Crippen LogP contribution in [0.1, 0.15) is 105 Å². The highest BCUT2D eigenvalue weighted by atomic mass is 15.2. The van der Waals surface area contributed by atoms with E-state index in [9.17, 15) is 0 Å². The van der Waals surface area contributed by atoms with Gasteiger partial charge in [0.1, 0.15) is 0 Å². The second-order valence-corrected chi connectivity index (χ2v) is 23.2. The Hall–Kier alpha value is -6.58. The van der Waals surface area contributed by atoms with E-state index in [-0.39, 0.29) is 28.4 Å². The van der Waals surface area contributed by atoms with Crippen LogP contribution >= 0.6 is 0 Å². The molecule has 0 fully saturated rings. The van der Waals surface area contributed by atoms with E-state index in [1.807, 2.05) is 0 Å². The third-order valence-electron chi connectivity index (χ3n) is 14.3. The summed E-state index contributed by atoms with van der Waals surface area (Å²) in [6.45, 7) is 27.9. The highest BCUT2D eigenvalue weighted by molar-refractivity contribution is 7.00. The summed E-state index contributed by atoms with van der Waals surface area (Å²) < 4.78 is 0. The molecule has 0 aliphatic carbocycles. The average molecular weight is 873 g/mol. The Labute approximate surface area is 401 Å². The second-order valence-electron chi connectivity index (χ2n) is 23.2. The number of nitrogens with zero attached hydrogens (tertiary/aromatic N) is 2. The molecule has 2 heterocycles. The van der Waals surface area contributed by atoms with Crippen LogP contribution in [0.3, 0.4) is 0 Å². The van der Waals surface area contributed by atoms with Gasteiger partial charge in [0.2, 0.25) is 0 Å². The third kappa shape index (κ3) is 8.11. The van der Waals surface area contributed by atoms with Crippen LogP contribution < -0.4 is 26.2 Å². The van der Waals surface area contributed by atoms with Crippen LogP contribution in [0.4, 0.5) is 34.1 Å². The molecule has 0 unspecified atom stereocenters. The Morgan fingerprint density at radius 1 is 0.284 bits per heavy atom. The lowest BCUT2D eigenvalue weighted by molar-refractivity contribution is 0.590. The van der Waals surface area contributed by atoms with Crippen LogP contribution in [-0.4, -0.2) is 6.71 Å². The summed E-state index contributed by atoms with van der Waals surface area (Å²) in [7, 11) is 0. The van der Waals surface area contributed by atoms with Crippen molar-refractivity contribution < 1.29 is 0 Å². The van der Waals surface area contributed by atoms with Gasteiger partial charge >= 0.3 is 0 Å². The molecule has 67 heavy (non-hydrogen) atoms. The minimum absolute atomic E-state index is 0.000575. The van der Waals surface area contributed by atoms with Crippen molar-refractivity contribution in [2.24, 2.45) is 0 Å². The summed E-state index contributed by atoms with van der Waals surface area (Å²) >= 11 is 0. The minimum atomic E-state index is -0.0347. The quantitative estimate of drug-likeness (QED) is 0.159. The monoisotopic (exact) mass is 873 g/mol. The van der Waals surface area contributed by atoms with E-state index in [1.54, 1.807) is 0 Å². The average Bonchev–Trinajstić information content (AvgIpc) is 3.30. The van der Waals surface area contributed by atoms with Crippen molar-refractivity contribution in [3.8, 4) is 33.4 Å². The van der Waals surface area contributed by atoms with Crippen LogP contribution in [0.25, 0.3) is 33.4 Å². The van der Waals surface area contributed by atoms with Gasteiger partial charge in [-0.25, -0.2) is 0 Å². The molecule has 8 aromatic carbocycles. The Bertz CT molecular complexity index is 2930. The predicted octanol–water partition coefficient (Wildman–Crippen LogP) is 16.0. The number of hydrogen-bond acceptors (Lipinski definition) is 2. The highest BCUT2D eigenvalue weighted by Crippen LogP contribution is 2.48. The maximum Gasteiger partial charge on any atom is 0.252 e. The van der Waals surface area contributed by atoms with Gasteiger partial charge in [0.05, 0.1) is 0 Å². The summed E-state index contributed by atoms with van der Waals surface area (Å²) in [5.74, 6) is 0. The Kier molecular flexibility index (Phi) is 10.6. The van der Waals surface area contributed by atoms with Gasteiger partial charge in [-0.2, -0.15) is 0 Å². The molecule has 2 aliphatic heterocycles. The molecule has 0 aromatic heterocycles. The van der Waals surface area contributed by atoms with Crippen LogP contribution in [0, 0.1) is 0 Å². The molecule has 2 aliphatic rings. The van der Waals surface area contributed by atoms with Crippen molar-refractivity contribution >= 4 is 57.2 Å². The summed E-state index contributed by atoms with van der Waals surface area (Å²) in [6, 6.07) is 67.2. The first kappa shape index (κ1) is 44.3. The minimum Gasteiger partial charge on any atom is -0.311 e. The Balaban J connectivity index is 1.33. The maximum absolute atomic E-state index is 2.58. The maximum atomic E-state index is 2.58. The summed E-state index contributed by atoms with van der Waals surface area (Å²) in [4.78, 5) is 5.15. The molecule has 10 rings (SSSR count). The zero-order chi connectivity index (χ0) is 47.2. The third-order valence-corrected chi connectivity index (χ3v) is 14.3. The van der Waals surface area contributed by atoms with Crippen molar-refractivity contribution in [1.82, 2.24) is 0 Å². The van der Waals surface area contributed by atoms with E-state index < -0.39 is 0 Å². The first-order valence-corrected chi connectivity index (χ1v) is 24.3. The molecule has 0 radical (unpaired) electrons. The number of anilines is 6. The van der Waals surface area contributed by atoms with Crippen LogP contribution in [0.15, 0.2) is 176 Å². The lowest BCUT2D eigenvalue weighted by atomic mass is 9.33. The molecule has 0 saturated heterocycles. The van der Waals surface area contributed by atoms with Gasteiger partial charge in [0.25, 0.3) is 6.71 Å². The summed E-state index contributed by atoms with van der Waals surface area (Å²) in [6.07, 6.45) is 0. The molecule has 8 aromatic rings. The first-order chi connectivity index (χ1) is 31.7. The van der Waals surface area contributed by atoms with E-state index >= 15 is 0 Å². The van der Waals surface area contributed by atoms with E-state index in [2.05, 4.69) is 269 Å². The molecule has 0 atom stereocenters. The topological polar surface area (TPSA) is 6.48 Å². The fourth-order valence-corrected chi connectivity index (χ4v) is 10.3. The number of benzene rings is 8. The van der Waals surface area contributed by atoms with Crippen LogP contribution in [0.5, 0.6) is 0 Å². The molecule has 0 spiro atoms. The van der Waals surface area contributed by atoms with Crippen molar-refractivity contribution in [2.45, 2.75) is 105 Å². The predicted molar refractivity (Wildman–Crippen MR) is 292 cm³/mol. The van der Waals surface area contributed by atoms with Gasteiger partial charge in [0, 0.05) is 34.1 Å². The van der Waals surface area contributed by atoms with E-state index in [0.717, 1.165) is 11.4 Å². The van der Waals surface area contributed by atoms with E-state index in [4.69, 9.17) is 0 Å². The normalized spacial score (nSPS) is 13.6. The fourth-order valence-electron chi connectivity index (χ4n) is 10.3. The largest absolute Gasteiger partial charge is 0.311 e. The highest BCUT2D eigenvalue weighted by Gasteiger charge is 2.44. The van der Waals surface area contributed by atoms with Gasteiger partial charge in [-0.05, 0) is 160 Å². The molecular formula is C64H65BN2. The number of hydrogen-bond donors (Lipinski definition) is 0. The summed E-state index contributed by atoms with van der Waals surface area (Å²) in [5.41, 5.74) is 23.7. The summed E-state index contributed by atoms with van der Waals surface area (Å²) in [5, 5.41) is 0. The van der Waals surface area contributed by atoms with Crippen LogP contribution in [-0.2, 0) is 21.7 Å². The lowest BCUT2D eigenvalue weighted by Gasteiger charge is -2.45. The number of rotatable bonds is 5. The molecule has 0 amide bonds. The van der Waals surface area contributed by atoms with E-state index in [0.29, 0.717) is 0 Å². The molecule has 334 valence electrons. The zero-order valence-corrected chi connectivity index (χ0v) is 41.7. The van der Waals surface area contributed by atoms with Gasteiger partial charge in [-0.1, -0.05) is 192 Å². The zero-order valence-electron chi connectivity index (χ0n) is 41.7. The fraction of sp³-hybridized carbons (Fsp3) is 0.250. The first-order valence-electron chi connectivity index (χ1n) is 24.3. The molecular weight excluding hydrogens is 808 g/mol. The van der Waals surface area contributed by atoms with Crippen molar-refractivity contribution in [3.05, 3.63) is 198 Å². The molecule has 3 heteroatoms. The smallest absolute Gasteiger partial charge is 0.252 e. The standard InChI is InChI=1S/C64H65BN2/c1-61(2,3)48-23-29-52(30-24-48)66-56-33-27-50(63(7,8)9)40-54(56)65-55-41-51(64(10,11)12)28-34-57(55)67(53-31-25-49(26-32-53)62(4,5)6)59-39-47(38-58(66)60(59)65)46-36-44(42-19-15-13-16-20-42)35-45(37-46)43-21-17-14-18-22-43/h13-41H,1-12H3. The SMILES string of the molecule is CC(C)(C)c1ccc(N2c3ccc(C(C)(C)C)cc3B3c4cc(C(C)(C)C)ccc4N(c4ccc(C(C)(C)C)cc4)c4cc(-c5cc(-c6ccccc6)cc(-c6ccccc6)c5)cc2c43)cc1. The van der Waals surface area contributed by atoms with Gasteiger partial charge < -0.3 is 9.80 Å². The molecule has 0 saturated carbocycles. The molecule has 2 nitrogen and oxygen atoms in total. The number of fused-ring (bicyclic) bond motifs is 4. The van der Waals surface area contributed by atoms with E-state index in [1.165, 1.54) is 94.8 Å². The Morgan fingerprint density at radius 2 is 0.597 bits per heavy atom. The lowest BCUT2D eigenvalue weighted by Crippen LogP contribution is -2.61. The molecule has 0 N–H and O–H groups in total. The van der Waals surface area contributed by atoms with Gasteiger partial charge in [-0.15, -0.1) is 0 Å². The van der Waals surface area contributed by atoms with Crippen molar-refractivity contribution in [1.29, 1.82) is 0 Å².